The summed E-state index contributed by atoms with van der Waals surface area (Å²) in [5, 5.41) is 7.75. The zero-order chi connectivity index (χ0) is 23.3. The number of para-hydroxylation sites is 1. The molecule has 3 rings (SSSR count). The topological polar surface area (TPSA) is 80.4 Å². The van der Waals surface area contributed by atoms with E-state index in [4.69, 9.17) is 9.52 Å². The number of furan rings is 1. The monoisotopic (exact) mass is 436 g/mol. The summed E-state index contributed by atoms with van der Waals surface area (Å²) in [5.74, 6) is 0.238. The molecule has 170 valence electrons. The Morgan fingerprint density at radius 1 is 1.16 bits per heavy atom. The number of rotatable bonds is 8. The quantitative estimate of drug-likeness (QED) is 0.542. The van der Waals surface area contributed by atoms with E-state index >= 15 is 0 Å². The maximum Gasteiger partial charge on any atom is 0.290 e. The molecule has 1 N–H and O–H groups in total. The second kappa shape index (κ2) is 9.85. The summed E-state index contributed by atoms with van der Waals surface area (Å²) < 4.78 is 7.01. The van der Waals surface area contributed by atoms with Crippen LogP contribution in [0.1, 0.15) is 62.3 Å². The highest BCUT2D eigenvalue weighted by Gasteiger charge is 2.24. The molecule has 2 heterocycles. The molecule has 0 radical (unpaired) electrons. The van der Waals surface area contributed by atoms with Gasteiger partial charge in [0, 0.05) is 18.0 Å². The predicted molar refractivity (Wildman–Crippen MR) is 125 cm³/mol. The lowest BCUT2D eigenvalue weighted by Crippen LogP contribution is -2.38. The number of aryl methyl sites for hydroxylation is 1. The van der Waals surface area contributed by atoms with Crippen LogP contribution < -0.4 is 5.32 Å². The molecule has 0 bridgehead atoms. The van der Waals surface area contributed by atoms with Crippen molar-refractivity contribution < 1.29 is 14.0 Å². The Hall–Kier alpha value is -3.35. The molecule has 0 aliphatic carbocycles. The molecule has 32 heavy (non-hydrogen) atoms. The van der Waals surface area contributed by atoms with Gasteiger partial charge in [0.1, 0.15) is 12.4 Å². The van der Waals surface area contributed by atoms with Gasteiger partial charge >= 0.3 is 0 Å². The van der Waals surface area contributed by atoms with Gasteiger partial charge < -0.3 is 14.6 Å². The zero-order valence-corrected chi connectivity index (χ0v) is 19.5. The minimum Gasteiger partial charge on any atom is -0.459 e. The van der Waals surface area contributed by atoms with E-state index in [0.29, 0.717) is 12.4 Å². The van der Waals surface area contributed by atoms with Crippen LogP contribution in [0.25, 0.3) is 5.69 Å². The lowest BCUT2D eigenvalue weighted by atomic mass is 9.92. The number of nitrogens with zero attached hydrogens (tertiary/aromatic N) is 3. The van der Waals surface area contributed by atoms with Crippen LogP contribution in [0.15, 0.2) is 53.1 Å². The number of anilines is 1. The Kier molecular flexibility index (Phi) is 7.18. The van der Waals surface area contributed by atoms with Crippen molar-refractivity contribution in [3.8, 4) is 5.69 Å². The van der Waals surface area contributed by atoms with Gasteiger partial charge in [-0.05, 0) is 37.1 Å². The molecule has 2 amide bonds. The Morgan fingerprint density at radius 3 is 2.53 bits per heavy atom. The van der Waals surface area contributed by atoms with E-state index in [0.717, 1.165) is 29.8 Å². The van der Waals surface area contributed by atoms with Gasteiger partial charge in [0.2, 0.25) is 5.91 Å². The third-order valence-corrected chi connectivity index (χ3v) is 5.22. The molecular formula is C25H32N4O3. The van der Waals surface area contributed by atoms with Gasteiger partial charge in [-0.3, -0.25) is 9.59 Å². The molecule has 0 aliphatic heterocycles. The molecule has 2 aromatic heterocycles. The standard InChI is InChI=1S/C25H32N4O3/c1-6-7-14-28(24(31)20-13-10-15-32-20)17-23(30)26-22-16-21(25(3,4)5)27-29(22)19-12-9-8-11-18(19)2/h8-13,15-16H,6-7,14,17H2,1-5H3,(H,26,30). The van der Waals surface area contributed by atoms with Crippen molar-refractivity contribution in [1.82, 2.24) is 14.7 Å². The maximum absolute atomic E-state index is 13.0. The smallest absolute Gasteiger partial charge is 0.290 e. The van der Waals surface area contributed by atoms with Crippen LogP contribution in [0, 0.1) is 6.92 Å². The van der Waals surface area contributed by atoms with E-state index in [-0.39, 0.29) is 29.5 Å². The van der Waals surface area contributed by atoms with E-state index in [2.05, 4.69) is 26.1 Å². The molecule has 0 atom stereocenters. The first-order valence-electron chi connectivity index (χ1n) is 11.0. The van der Waals surface area contributed by atoms with Gasteiger partial charge in [0.15, 0.2) is 5.76 Å². The van der Waals surface area contributed by atoms with Crippen LogP contribution in [0.2, 0.25) is 0 Å². The summed E-state index contributed by atoms with van der Waals surface area (Å²) in [6.45, 7) is 10.7. The summed E-state index contributed by atoms with van der Waals surface area (Å²) >= 11 is 0. The SMILES string of the molecule is CCCCN(CC(=O)Nc1cc(C(C)(C)C)nn1-c1ccccc1C)C(=O)c1ccco1. The lowest BCUT2D eigenvalue weighted by Gasteiger charge is -2.21. The number of hydrogen-bond donors (Lipinski definition) is 1. The summed E-state index contributed by atoms with van der Waals surface area (Å²) in [7, 11) is 0. The third-order valence-electron chi connectivity index (χ3n) is 5.22. The number of aromatic nitrogens is 2. The van der Waals surface area contributed by atoms with Gasteiger partial charge in [-0.15, -0.1) is 0 Å². The van der Waals surface area contributed by atoms with E-state index < -0.39 is 0 Å². The molecule has 0 aliphatic rings. The number of carbonyl (C=O) groups is 2. The highest BCUT2D eigenvalue weighted by Crippen LogP contribution is 2.27. The van der Waals surface area contributed by atoms with Gasteiger partial charge in [0.25, 0.3) is 5.91 Å². The first-order valence-corrected chi connectivity index (χ1v) is 11.0. The maximum atomic E-state index is 13.0. The number of benzene rings is 1. The highest BCUT2D eigenvalue weighted by atomic mass is 16.3. The molecule has 3 aromatic rings. The molecule has 0 saturated carbocycles. The van der Waals surface area contributed by atoms with Crippen LogP contribution in [-0.4, -0.2) is 39.6 Å². The molecule has 7 nitrogen and oxygen atoms in total. The van der Waals surface area contributed by atoms with Gasteiger partial charge in [-0.2, -0.15) is 5.10 Å². The number of amides is 2. The van der Waals surface area contributed by atoms with Crippen molar-refractivity contribution in [2.45, 2.75) is 52.9 Å². The molecule has 0 unspecified atom stereocenters. The second-order valence-corrected chi connectivity index (χ2v) is 8.97. The summed E-state index contributed by atoms with van der Waals surface area (Å²) in [4.78, 5) is 27.3. The van der Waals surface area contributed by atoms with Crippen molar-refractivity contribution in [1.29, 1.82) is 0 Å². The lowest BCUT2D eigenvalue weighted by molar-refractivity contribution is -0.117. The first kappa shape index (κ1) is 23.3. The highest BCUT2D eigenvalue weighted by molar-refractivity contribution is 5.97. The Morgan fingerprint density at radius 2 is 1.91 bits per heavy atom. The fourth-order valence-corrected chi connectivity index (χ4v) is 3.33. The Labute approximate surface area is 189 Å². The van der Waals surface area contributed by atoms with Crippen molar-refractivity contribution >= 4 is 17.6 Å². The van der Waals surface area contributed by atoms with E-state index in [9.17, 15) is 9.59 Å². The van der Waals surface area contributed by atoms with E-state index in [1.807, 2.05) is 44.2 Å². The van der Waals surface area contributed by atoms with Crippen LogP contribution in [-0.2, 0) is 10.2 Å². The van der Waals surface area contributed by atoms with Crippen molar-refractivity contribution in [3.05, 3.63) is 65.7 Å². The average Bonchev–Trinajstić information content (AvgIpc) is 3.41. The van der Waals surface area contributed by atoms with Crippen LogP contribution in [0.3, 0.4) is 0 Å². The predicted octanol–water partition coefficient (Wildman–Crippen LogP) is 4.95. The van der Waals surface area contributed by atoms with E-state index in [1.165, 1.54) is 11.2 Å². The summed E-state index contributed by atoms with van der Waals surface area (Å²) in [5.41, 5.74) is 2.62. The largest absolute Gasteiger partial charge is 0.459 e. The summed E-state index contributed by atoms with van der Waals surface area (Å²) in [6, 6.07) is 13.1. The minimum absolute atomic E-state index is 0.0661. The zero-order valence-electron chi connectivity index (χ0n) is 19.5. The van der Waals surface area contributed by atoms with E-state index in [1.54, 1.807) is 16.8 Å². The summed E-state index contributed by atoms with van der Waals surface area (Å²) in [6.07, 6.45) is 3.17. The van der Waals surface area contributed by atoms with Crippen LogP contribution >= 0.6 is 0 Å². The second-order valence-electron chi connectivity index (χ2n) is 8.97. The molecule has 0 saturated heterocycles. The number of unbranched alkanes of at least 4 members (excludes halogenated alkanes) is 1. The number of hydrogen-bond acceptors (Lipinski definition) is 4. The average molecular weight is 437 g/mol. The molecular weight excluding hydrogens is 404 g/mol. The fraction of sp³-hybridized carbons (Fsp3) is 0.400. The Balaban J connectivity index is 1.86. The Bertz CT molecular complexity index is 1060. The normalized spacial score (nSPS) is 11.4. The van der Waals surface area contributed by atoms with Crippen molar-refractivity contribution in [2.75, 3.05) is 18.4 Å². The fourth-order valence-electron chi connectivity index (χ4n) is 3.33. The van der Waals surface area contributed by atoms with Gasteiger partial charge in [-0.25, -0.2) is 4.68 Å². The van der Waals surface area contributed by atoms with Crippen molar-refractivity contribution in [3.63, 3.8) is 0 Å². The molecule has 0 spiro atoms. The van der Waals surface area contributed by atoms with Crippen molar-refractivity contribution in [2.24, 2.45) is 0 Å². The van der Waals surface area contributed by atoms with Crippen LogP contribution in [0.4, 0.5) is 5.82 Å². The number of nitrogens with one attached hydrogen (secondary N) is 1. The van der Waals surface area contributed by atoms with Crippen LogP contribution in [0.5, 0.6) is 0 Å². The molecule has 1 aromatic carbocycles. The van der Waals surface area contributed by atoms with Gasteiger partial charge in [-0.1, -0.05) is 52.3 Å². The molecule has 0 fully saturated rings. The first-order chi connectivity index (χ1) is 15.2. The minimum atomic E-state index is -0.290. The van der Waals surface area contributed by atoms with Gasteiger partial charge in [0.05, 0.1) is 17.6 Å². The third kappa shape index (κ3) is 5.46. The molecule has 7 heteroatoms. The number of carbonyl (C=O) groups excluding carboxylic acids is 2.